The van der Waals surface area contributed by atoms with Crippen molar-refractivity contribution in [1.29, 1.82) is 0 Å². The van der Waals surface area contributed by atoms with Gasteiger partial charge in [-0.2, -0.15) is 18.3 Å². The number of carboxylic acid groups (broad SMARTS) is 1. The number of carboxylic acids is 1. The number of nitrogens with two attached hydrogens (primary N) is 1. The number of alkyl halides is 3. The summed E-state index contributed by atoms with van der Waals surface area (Å²) in [7, 11) is 0. The van der Waals surface area contributed by atoms with Gasteiger partial charge in [0.2, 0.25) is 0 Å². The summed E-state index contributed by atoms with van der Waals surface area (Å²) in [5, 5.41) is 16.6. The van der Waals surface area contributed by atoms with Crippen molar-refractivity contribution in [1.82, 2.24) is 19.6 Å². The Hall–Kier alpha value is -4.15. The van der Waals surface area contributed by atoms with Gasteiger partial charge in [-0.25, -0.2) is 24.1 Å². The maximum atomic E-state index is 12.5. The van der Waals surface area contributed by atoms with Gasteiger partial charge in [-0.15, -0.1) is 0 Å². The van der Waals surface area contributed by atoms with Crippen LogP contribution in [0.5, 0.6) is 0 Å². The highest BCUT2D eigenvalue weighted by Gasteiger charge is 2.38. The van der Waals surface area contributed by atoms with E-state index in [9.17, 15) is 22.8 Å². The molecule has 0 aliphatic carbocycles. The van der Waals surface area contributed by atoms with E-state index in [4.69, 9.17) is 48.6 Å². The Morgan fingerprint density at radius 2 is 1.93 bits per heavy atom. The number of aromatic nitrogens is 4. The van der Waals surface area contributed by atoms with E-state index >= 15 is 0 Å². The number of hydrogen-bond acceptors (Lipinski definition) is 11. The molecule has 3 aromatic heterocycles. The Bertz CT molecular complexity index is 1750. The average Bonchev–Trinajstić information content (AvgIpc) is 3.56. The number of nitrogens with one attached hydrogen (secondary N) is 1. The van der Waals surface area contributed by atoms with E-state index in [1.165, 1.54) is 18.3 Å². The number of ether oxygens (including phenoxy) is 1. The third kappa shape index (κ3) is 8.12. The summed E-state index contributed by atoms with van der Waals surface area (Å²) < 4.78 is 38.5. The van der Waals surface area contributed by atoms with Crippen LogP contribution in [0.4, 0.5) is 29.9 Å². The van der Waals surface area contributed by atoms with Crippen LogP contribution in [0.3, 0.4) is 0 Å². The van der Waals surface area contributed by atoms with Gasteiger partial charge in [-0.1, -0.05) is 34.5 Å². The molecule has 1 aliphatic heterocycles. The Morgan fingerprint density at radius 1 is 1.22 bits per heavy atom. The van der Waals surface area contributed by atoms with Gasteiger partial charge in [0.1, 0.15) is 16.2 Å². The highest BCUT2D eigenvalue weighted by atomic mass is 35.5. The lowest BCUT2D eigenvalue weighted by atomic mass is 10.1. The first kappa shape index (κ1) is 33.7. The molecule has 240 valence electrons. The van der Waals surface area contributed by atoms with E-state index in [1.807, 2.05) is 0 Å². The third-order valence-corrected chi connectivity index (χ3v) is 8.04. The number of hydrogen-bond donors (Lipinski definition) is 3. The minimum Gasteiger partial charge on any atom is -0.475 e. The SMILES string of the molecule is CCOC(=O)c1cc2c(N3CCCC(Nc4nc(N)c(C(C)=O)s4)C3)nc(-c3ccc(Cl)cc3Cl)cn2n1.O=C(O)C(F)(F)F. The number of benzene rings is 1. The molecule has 0 spiro atoms. The van der Waals surface area contributed by atoms with Crippen LogP contribution in [0.25, 0.3) is 16.8 Å². The zero-order chi connectivity index (χ0) is 33.1. The van der Waals surface area contributed by atoms with Crippen molar-refractivity contribution in [3.8, 4) is 11.3 Å². The molecule has 0 amide bonds. The Morgan fingerprint density at radius 3 is 2.53 bits per heavy atom. The maximum absolute atomic E-state index is 12.5. The van der Waals surface area contributed by atoms with Crippen molar-refractivity contribution in [2.45, 2.75) is 38.9 Å². The predicted molar refractivity (Wildman–Crippen MR) is 163 cm³/mol. The summed E-state index contributed by atoms with van der Waals surface area (Å²) in [6, 6.07) is 6.93. The standard InChI is InChI=1S/C25H25Cl2N7O3S.C2HF3O2/c1-3-37-24(36)18-10-20-23(30-19(12-34(20)32-18)16-7-6-14(26)9-17(16)27)33-8-4-5-15(11-33)29-25-31-22(28)21(38-25)13(2)35;3-2(4,5)1(6)7/h6-7,9-10,12,15H,3-5,8,11,28H2,1-2H3,(H,29,31);(H,6,7). The molecule has 4 aromatic rings. The number of esters is 1. The average molecular weight is 689 g/mol. The molecule has 12 nitrogen and oxygen atoms in total. The highest BCUT2D eigenvalue weighted by molar-refractivity contribution is 7.18. The predicted octanol–water partition coefficient (Wildman–Crippen LogP) is 5.84. The Kier molecular flexibility index (Phi) is 10.4. The molecular formula is C27H26Cl2F3N7O5S. The van der Waals surface area contributed by atoms with E-state index in [1.54, 1.807) is 41.9 Å². The normalized spacial score (nSPS) is 14.9. The van der Waals surface area contributed by atoms with Crippen LogP contribution in [0.15, 0.2) is 30.5 Å². The number of nitrogens with zero attached hydrogens (tertiary/aromatic N) is 5. The molecule has 1 aliphatic rings. The maximum Gasteiger partial charge on any atom is 0.490 e. The number of Topliss-reactive ketones (excluding diaryl/α,β-unsaturated/α-hetero) is 1. The lowest BCUT2D eigenvalue weighted by Crippen LogP contribution is -2.42. The second kappa shape index (κ2) is 13.9. The van der Waals surface area contributed by atoms with E-state index in [0.717, 1.165) is 19.4 Å². The number of carbonyl (C=O) groups is 3. The van der Waals surface area contributed by atoms with Crippen molar-refractivity contribution in [2.75, 3.05) is 35.6 Å². The summed E-state index contributed by atoms with van der Waals surface area (Å²) in [5.41, 5.74) is 8.05. The molecule has 5 rings (SSSR count). The summed E-state index contributed by atoms with van der Waals surface area (Å²) in [4.78, 5) is 45.0. The third-order valence-electron chi connectivity index (χ3n) is 6.39. The van der Waals surface area contributed by atoms with Crippen molar-refractivity contribution in [3.63, 3.8) is 0 Å². The van der Waals surface area contributed by atoms with Gasteiger partial charge in [-0.3, -0.25) is 4.79 Å². The van der Waals surface area contributed by atoms with Crippen LogP contribution < -0.4 is 16.0 Å². The van der Waals surface area contributed by atoms with Gasteiger partial charge in [0.05, 0.1) is 23.5 Å². The first-order chi connectivity index (χ1) is 21.2. The first-order valence-electron chi connectivity index (χ1n) is 13.3. The second-order valence-electron chi connectivity index (χ2n) is 9.68. The van der Waals surface area contributed by atoms with Crippen LogP contribution in [0.2, 0.25) is 10.0 Å². The molecule has 18 heteroatoms. The number of anilines is 3. The van der Waals surface area contributed by atoms with Crippen molar-refractivity contribution >= 4 is 74.5 Å². The Labute approximate surface area is 267 Å². The van der Waals surface area contributed by atoms with Crippen LogP contribution >= 0.6 is 34.5 Å². The van der Waals surface area contributed by atoms with Crippen molar-refractivity contribution in [3.05, 3.63) is 51.1 Å². The van der Waals surface area contributed by atoms with Gasteiger partial charge >= 0.3 is 18.1 Å². The number of piperidine rings is 1. The van der Waals surface area contributed by atoms with Crippen LogP contribution in [-0.2, 0) is 9.53 Å². The zero-order valence-corrected chi connectivity index (χ0v) is 26.0. The number of rotatable bonds is 7. The molecule has 45 heavy (non-hydrogen) atoms. The molecule has 1 aromatic carbocycles. The fourth-order valence-corrected chi connectivity index (χ4v) is 5.81. The number of fused-ring (bicyclic) bond motifs is 1. The summed E-state index contributed by atoms with van der Waals surface area (Å²) >= 11 is 13.9. The lowest BCUT2D eigenvalue weighted by molar-refractivity contribution is -0.192. The van der Waals surface area contributed by atoms with E-state index in [2.05, 4.69) is 20.3 Å². The molecule has 1 saturated heterocycles. The molecule has 4 N–H and O–H groups in total. The topological polar surface area (TPSA) is 165 Å². The lowest BCUT2D eigenvalue weighted by Gasteiger charge is -2.34. The van der Waals surface area contributed by atoms with E-state index < -0.39 is 18.1 Å². The second-order valence-corrected chi connectivity index (χ2v) is 11.5. The molecule has 0 radical (unpaired) electrons. The molecule has 4 heterocycles. The number of nitrogen functional groups attached to an aromatic ring is 1. The molecule has 0 saturated carbocycles. The molecular weight excluding hydrogens is 662 g/mol. The first-order valence-corrected chi connectivity index (χ1v) is 14.9. The number of thiazole rings is 1. The zero-order valence-electron chi connectivity index (χ0n) is 23.7. The van der Waals surface area contributed by atoms with Gasteiger partial charge in [0.25, 0.3) is 0 Å². The minimum absolute atomic E-state index is 0.0335. The minimum atomic E-state index is -5.08. The molecule has 0 bridgehead atoms. The smallest absolute Gasteiger partial charge is 0.475 e. The fraction of sp³-hybridized carbons (Fsp3) is 0.333. The van der Waals surface area contributed by atoms with Crippen LogP contribution in [0.1, 0.15) is 46.8 Å². The van der Waals surface area contributed by atoms with E-state index in [0.29, 0.717) is 49.2 Å². The van der Waals surface area contributed by atoms with Gasteiger partial charge in [0.15, 0.2) is 22.4 Å². The number of ketones is 1. The van der Waals surface area contributed by atoms with Crippen LogP contribution in [-0.4, -0.2) is 74.3 Å². The van der Waals surface area contributed by atoms with Crippen molar-refractivity contribution < 1.29 is 37.4 Å². The van der Waals surface area contributed by atoms with E-state index in [-0.39, 0.29) is 29.9 Å². The number of halogens is 5. The summed E-state index contributed by atoms with van der Waals surface area (Å²) in [5.74, 6) is -2.48. The molecule has 1 unspecified atom stereocenters. The highest BCUT2D eigenvalue weighted by Crippen LogP contribution is 2.34. The number of aliphatic carboxylic acids is 1. The summed E-state index contributed by atoms with van der Waals surface area (Å²) in [6.45, 7) is 4.82. The quantitative estimate of drug-likeness (QED) is 0.158. The van der Waals surface area contributed by atoms with Gasteiger partial charge < -0.3 is 25.8 Å². The molecule has 1 atom stereocenters. The Balaban J connectivity index is 0.000000591. The van der Waals surface area contributed by atoms with Gasteiger partial charge in [-0.05, 0) is 38.0 Å². The van der Waals surface area contributed by atoms with Crippen molar-refractivity contribution in [2.24, 2.45) is 0 Å². The largest absolute Gasteiger partial charge is 0.490 e. The van der Waals surface area contributed by atoms with Crippen LogP contribution in [0, 0.1) is 0 Å². The number of carbonyl (C=O) groups excluding carboxylic acids is 2. The fourth-order valence-electron chi connectivity index (χ4n) is 4.45. The summed E-state index contributed by atoms with van der Waals surface area (Å²) in [6.07, 6.45) is -1.56. The molecule has 1 fully saturated rings. The monoisotopic (exact) mass is 687 g/mol. The van der Waals surface area contributed by atoms with Gasteiger partial charge in [0, 0.05) is 42.7 Å².